The van der Waals surface area contributed by atoms with Gasteiger partial charge in [0.25, 0.3) is 0 Å². The number of hydrogen-bond acceptors (Lipinski definition) is 11. The second kappa shape index (κ2) is 16.0. The predicted molar refractivity (Wildman–Crippen MR) is 170 cm³/mol. The number of hydrogen-bond donors (Lipinski definition) is 3. The summed E-state index contributed by atoms with van der Waals surface area (Å²) in [6.07, 6.45) is 2.15. The van der Waals surface area contributed by atoms with Gasteiger partial charge in [-0.05, 0) is 85.8 Å². The first-order valence-electron chi connectivity index (χ1n) is 16.3. The van der Waals surface area contributed by atoms with Crippen molar-refractivity contribution in [2.45, 2.75) is 116 Å². The zero-order valence-electron chi connectivity index (χ0n) is 28.5. The number of imide groups is 1. The third kappa shape index (κ3) is 11.0. The van der Waals surface area contributed by atoms with Crippen LogP contribution in [-0.4, -0.2) is 93.1 Å². The van der Waals surface area contributed by atoms with Gasteiger partial charge in [-0.2, -0.15) is 0 Å². The number of esters is 1. The van der Waals surface area contributed by atoms with Gasteiger partial charge in [0, 0.05) is 6.54 Å². The molecule has 2 aliphatic rings. The summed E-state index contributed by atoms with van der Waals surface area (Å²) in [6, 6.07) is 6.60. The van der Waals surface area contributed by atoms with E-state index in [1.807, 2.05) is 0 Å². The lowest BCUT2D eigenvalue weighted by Gasteiger charge is -2.36. The summed E-state index contributed by atoms with van der Waals surface area (Å²) >= 11 is 0. The maximum absolute atomic E-state index is 14.1. The van der Waals surface area contributed by atoms with Crippen molar-refractivity contribution < 1.29 is 48.5 Å². The summed E-state index contributed by atoms with van der Waals surface area (Å²) in [4.78, 5) is 73.9. The number of nitrogens with one attached hydrogen (secondary N) is 1. The van der Waals surface area contributed by atoms with Crippen LogP contribution in [0.1, 0.15) is 92.1 Å². The Hall–Kier alpha value is -3.55. The van der Waals surface area contributed by atoms with Crippen molar-refractivity contribution in [2.24, 2.45) is 11.3 Å². The molecule has 1 aromatic carbocycles. The van der Waals surface area contributed by atoms with E-state index in [9.17, 15) is 34.2 Å². The largest absolute Gasteiger partial charge is 0.480 e. The number of aliphatic carboxylic acids is 1. The number of carboxylic acids is 1. The molecule has 13 nitrogen and oxygen atoms in total. The molecule has 0 radical (unpaired) electrons. The molecule has 1 heterocycles. The van der Waals surface area contributed by atoms with Crippen molar-refractivity contribution in [1.82, 2.24) is 15.3 Å². The highest BCUT2D eigenvalue weighted by Crippen LogP contribution is 2.45. The van der Waals surface area contributed by atoms with E-state index in [1.54, 1.807) is 71.9 Å². The second-order valence-electron chi connectivity index (χ2n) is 14.5. The molecule has 1 aliphatic heterocycles. The van der Waals surface area contributed by atoms with Crippen LogP contribution in [-0.2, 0) is 40.0 Å². The number of benzene rings is 1. The summed E-state index contributed by atoms with van der Waals surface area (Å²) in [5, 5.41) is 23.8. The number of aliphatic hydroxyl groups is 1. The molecule has 0 spiro atoms. The molecular formula is C34H51N3O10. The van der Waals surface area contributed by atoms with Gasteiger partial charge in [-0.1, -0.05) is 43.2 Å². The van der Waals surface area contributed by atoms with Crippen molar-refractivity contribution in [2.75, 3.05) is 19.7 Å². The number of amides is 2. The van der Waals surface area contributed by atoms with Crippen molar-refractivity contribution in [3.63, 3.8) is 0 Å². The Kier molecular flexibility index (Phi) is 12.9. The van der Waals surface area contributed by atoms with Crippen LogP contribution in [0.5, 0.6) is 0 Å². The first kappa shape index (κ1) is 37.9. The predicted octanol–water partition coefficient (Wildman–Crippen LogP) is 3.82. The topological polar surface area (TPSA) is 172 Å². The molecule has 2 fully saturated rings. The number of carbonyl (C=O) groups excluding carboxylic acids is 4. The average molecular weight is 662 g/mol. The van der Waals surface area contributed by atoms with E-state index in [0.29, 0.717) is 44.2 Å². The molecule has 2 amide bonds. The van der Waals surface area contributed by atoms with Crippen molar-refractivity contribution >= 4 is 29.9 Å². The Bertz CT molecular complexity index is 1240. The summed E-state index contributed by atoms with van der Waals surface area (Å²) in [7, 11) is 0. The first-order valence-corrected chi connectivity index (χ1v) is 16.3. The summed E-state index contributed by atoms with van der Waals surface area (Å²) in [5.41, 5.74) is -2.44. The van der Waals surface area contributed by atoms with Crippen molar-refractivity contribution in [3.05, 3.63) is 35.9 Å². The average Bonchev–Trinajstić information content (AvgIpc) is 3.67. The number of ether oxygens (including phenoxy) is 2. The lowest BCUT2D eigenvalue weighted by Crippen LogP contribution is -2.52. The molecule has 47 heavy (non-hydrogen) atoms. The Balaban J connectivity index is 1.98. The Morgan fingerprint density at radius 1 is 0.957 bits per heavy atom. The molecular weight excluding hydrogens is 610 g/mol. The number of aliphatic hydroxyl groups excluding tert-OH is 1. The molecule has 3 rings (SSSR count). The van der Waals surface area contributed by atoms with Crippen LogP contribution in [0.4, 0.5) is 4.79 Å². The van der Waals surface area contributed by atoms with Gasteiger partial charge in [0.2, 0.25) is 5.91 Å². The fraction of sp³-hybridized carbons (Fsp3) is 0.676. The smallest absolute Gasteiger partial charge is 0.417 e. The minimum absolute atomic E-state index is 0.106. The van der Waals surface area contributed by atoms with Gasteiger partial charge in [-0.25, -0.2) is 14.5 Å². The number of carbonyl (C=O) groups is 5. The summed E-state index contributed by atoms with van der Waals surface area (Å²) in [5.74, 6) is -4.50. The lowest BCUT2D eigenvalue weighted by atomic mass is 9.77. The summed E-state index contributed by atoms with van der Waals surface area (Å²) in [6.45, 7) is 9.41. The van der Waals surface area contributed by atoms with E-state index in [4.69, 9.17) is 14.3 Å². The monoisotopic (exact) mass is 661 g/mol. The van der Waals surface area contributed by atoms with Crippen LogP contribution in [0, 0.1) is 11.3 Å². The maximum Gasteiger partial charge on any atom is 0.417 e. The van der Waals surface area contributed by atoms with Crippen molar-refractivity contribution in [1.29, 1.82) is 0 Å². The van der Waals surface area contributed by atoms with Gasteiger partial charge < -0.3 is 29.8 Å². The third-order valence-corrected chi connectivity index (χ3v) is 8.20. The molecule has 0 aromatic heterocycles. The minimum Gasteiger partial charge on any atom is -0.480 e. The van der Waals surface area contributed by atoms with E-state index >= 15 is 0 Å². The molecule has 1 saturated carbocycles. The van der Waals surface area contributed by atoms with E-state index in [1.165, 1.54) is 0 Å². The first-order chi connectivity index (χ1) is 21.9. The van der Waals surface area contributed by atoms with Crippen LogP contribution < -0.4 is 5.32 Å². The third-order valence-electron chi connectivity index (χ3n) is 8.20. The molecule has 262 valence electrons. The normalized spacial score (nSPS) is 19.1. The number of hydroxylamine groups is 2. The highest BCUT2D eigenvalue weighted by atomic mass is 16.7. The Morgan fingerprint density at radius 2 is 1.57 bits per heavy atom. The molecule has 1 aromatic rings. The van der Waals surface area contributed by atoms with Gasteiger partial charge in [-0.15, -0.1) is 5.06 Å². The summed E-state index contributed by atoms with van der Waals surface area (Å²) < 4.78 is 11.3. The second-order valence-corrected chi connectivity index (χ2v) is 14.5. The minimum atomic E-state index is -1.54. The van der Waals surface area contributed by atoms with E-state index in [-0.39, 0.29) is 13.0 Å². The van der Waals surface area contributed by atoms with Crippen LogP contribution in [0.2, 0.25) is 0 Å². The Labute approximate surface area is 276 Å². The molecule has 13 heteroatoms. The zero-order chi connectivity index (χ0) is 35.0. The number of carboxylic acid groups (broad SMARTS) is 1. The van der Waals surface area contributed by atoms with E-state index in [0.717, 1.165) is 16.4 Å². The molecule has 0 bridgehead atoms. The van der Waals surface area contributed by atoms with E-state index in [2.05, 4.69) is 5.32 Å². The van der Waals surface area contributed by atoms with Gasteiger partial charge >= 0.3 is 24.0 Å². The fourth-order valence-electron chi connectivity index (χ4n) is 5.96. The molecule has 3 N–H and O–H groups in total. The molecule has 1 saturated heterocycles. The molecule has 1 aliphatic carbocycles. The quantitative estimate of drug-likeness (QED) is 0.207. The molecule has 3 atom stereocenters. The van der Waals surface area contributed by atoms with Gasteiger partial charge in [-0.3, -0.25) is 14.4 Å². The highest BCUT2D eigenvalue weighted by molar-refractivity contribution is 5.96. The standard InChI is InChI=1S/C34H51N3O10/c1-32(2,3)45-29(42)24(21-36(31(44)46-33(4,5)6)27(39)25-15-12-18-35-25)19-34(16-10-11-17-34)30(43)47-37(26(22-38)28(40)41)20-23-13-8-7-9-14-23/h7-9,13-14,24-26,35,38H,10-12,15-22H2,1-6H3,(H,40,41)/t24-,25-,26-/m0/s1. The Morgan fingerprint density at radius 3 is 2.09 bits per heavy atom. The van der Waals surface area contributed by atoms with Crippen LogP contribution >= 0.6 is 0 Å². The van der Waals surface area contributed by atoms with Crippen LogP contribution in [0.25, 0.3) is 0 Å². The van der Waals surface area contributed by atoms with Gasteiger partial charge in [0.15, 0.2) is 6.04 Å². The fourth-order valence-corrected chi connectivity index (χ4v) is 5.96. The highest BCUT2D eigenvalue weighted by Gasteiger charge is 2.49. The van der Waals surface area contributed by atoms with Crippen LogP contribution in [0.3, 0.4) is 0 Å². The van der Waals surface area contributed by atoms with Crippen molar-refractivity contribution in [3.8, 4) is 0 Å². The lowest BCUT2D eigenvalue weighted by molar-refractivity contribution is -0.224. The number of rotatable bonds is 13. The zero-order valence-corrected chi connectivity index (χ0v) is 28.5. The van der Waals surface area contributed by atoms with Gasteiger partial charge in [0.1, 0.15) is 11.2 Å². The SMILES string of the molecule is CC(C)(C)OC(=O)[C@H](CN(C(=O)OC(C)(C)C)C(=O)[C@@H]1CCCN1)CC1(C(=O)ON(Cc2ccccc2)[C@@H](CO)C(=O)O)CCCC1. The van der Waals surface area contributed by atoms with Gasteiger partial charge in [0.05, 0.1) is 30.5 Å². The molecule has 0 unspecified atom stereocenters. The van der Waals surface area contributed by atoms with E-state index < -0.39 is 77.7 Å². The van der Waals surface area contributed by atoms with Crippen LogP contribution in [0.15, 0.2) is 30.3 Å². The maximum atomic E-state index is 14.1. The number of nitrogens with zero attached hydrogens (tertiary/aromatic N) is 2.